The summed E-state index contributed by atoms with van der Waals surface area (Å²) < 4.78 is 31.3. The maximum Gasteiger partial charge on any atom is 0.341 e. The second-order valence-electron chi connectivity index (χ2n) is 9.30. The molecule has 4 aromatic rings. The SMILES string of the molecule is [3H][B]SOc1ccc2c(c1)nc(-c1ccc(OCCN3CCCC3)cc1)n2Cc1ccc(C(=O)OC)c(OC)c1. The molecule has 0 amide bonds. The molecule has 0 N–H and O–H groups in total. The lowest BCUT2D eigenvalue weighted by Gasteiger charge is -2.15. The number of rotatable bonds is 12. The van der Waals surface area contributed by atoms with Gasteiger partial charge in [0.05, 0.1) is 25.3 Å². The number of ether oxygens (including phenoxy) is 3. The lowest BCUT2D eigenvalue weighted by atomic mass is 10.1. The Labute approximate surface area is 235 Å². The quantitative estimate of drug-likeness (QED) is 0.142. The van der Waals surface area contributed by atoms with Gasteiger partial charge < -0.3 is 23.0 Å². The number of carbonyl (C=O) groups excluding carboxylic acids is 1. The van der Waals surface area contributed by atoms with Crippen molar-refractivity contribution in [3.8, 4) is 28.6 Å². The van der Waals surface area contributed by atoms with Crippen LogP contribution in [0.4, 0.5) is 0 Å². The predicted molar refractivity (Wildman–Crippen MR) is 155 cm³/mol. The van der Waals surface area contributed by atoms with Crippen molar-refractivity contribution >= 4 is 36.0 Å². The number of likely N-dealkylation sites (tertiary alicyclic amines) is 1. The first-order chi connectivity index (χ1) is 19.6. The van der Waals surface area contributed by atoms with Gasteiger partial charge in [-0.05, 0) is 93.3 Å². The van der Waals surface area contributed by atoms with Crippen LogP contribution in [0.3, 0.4) is 0 Å². The molecule has 1 fully saturated rings. The Morgan fingerprint density at radius 1 is 1.05 bits per heavy atom. The van der Waals surface area contributed by atoms with Gasteiger partial charge in [-0.15, -0.1) is 0 Å². The summed E-state index contributed by atoms with van der Waals surface area (Å²) in [4.78, 5) is 19.5. The van der Waals surface area contributed by atoms with Gasteiger partial charge in [0, 0.05) is 24.7 Å². The summed E-state index contributed by atoms with van der Waals surface area (Å²) >= 11 is 0.944. The number of esters is 1. The normalized spacial score (nSPS) is 13.7. The lowest BCUT2D eigenvalue weighted by Crippen LogP contribution is -2.25. The van der Waals surface area contributed by atoms with Crippen molar-refractivity contribution < 1.29 is 23.2 Å². The van der Waals surface area contributed by atoms with Gasteiger partial charge in [0.1, 0.15) is 35.2 Å². The van der Waals surface area contributed by atoms with Crippen molar-refractivity contribution in [3.63, 3.8) is 0 Å². The lowest BCUT2D eigenvalue weighted by molar-refractivity contribution is 0.0597. The number of imidazole rings is 1. The van der Waals surface area contributed by atoms with E-state index in [2.05, 4.69) is 9.47 Å². The first kappa shape index (κ1) is 25.6. The molecule has 3 aromatic carbocycles. The van der Waals surface area contributed by atoms with E-state index in [1.54, 1.807) is 6.07 Å². The van der Waals surface area contributed by atoms with E-state index in [4.69, 9.17) is 24.7 Å². The number of hydrogen-bond donors (Lipinski definition) is 0. The third kappa shape index (κ3) is 6.18. The van der Waals surface area contributed by atoms with Crippen LogP contribution in [-0.2, 0) is 11.3 Å². The van der Waals surface area contributed by atoms with E-state index in [0.29, 0.717) is 30.2 Å². The van der Waals surface area contributed by atoms with Crippen molar-refractivity contribution in [2.45, 2.75) is 19.4 Å². The Balaban J connectivity index is 1.44. The molecule has 201 valence electrons. The van der Waals surface area contributed by atoms with E-state index in [1.165, 1.54) is 27.1 Å². The van der Waals surface area contributed by atoms with Crippen LogP contribution in [0.1, 0.15) is 28.8 Å². The molecular formula is C29H31BN3O5S. The summed E-state index contributed by atoms with van der Waals surface area (Å²) in [5.41, 5.74) is 3.94. The van der Waals surface area contributed by atoms with Gasteiger partial charge in [-0.1, -0.05) is 6.07 Å². The minimum Gasteiger partial charge on any atom is -0.496 e. The second kappa shape index (κ2) is 12.5. The van der Waals surface area contributed by atoms with E-state index in [1.807, 2.05) is 54.6 Å². The molecule has 0 bridgehead atoms. The van der Waals surface area contributed by atoms with Crippen molar-refractivity contribution in [3.05, 3.63) is 71.8 Å². The molecule has 1 saturated heterocycles. The van der Waals surface area contributed by atoms with Crippen molar-refractivity contribution in [2.24, 2.45) is 0 Å². The summed E-state index contributed by atoms with van der Waals surface area (Å²) in [6, 6.07) is 19.1. The molecule has 0 atom stereocenters. The molecule has 0 unspecified atom stereocenters. The van der Waals surface area contributed by atoms with Crippen molar-refractivity contribution in [2.75, 3.05) is 40.5 Å². The Morgan fingerprint density at radius 2 is 1.85 bits per heavy atom. The van der Waals surface area contributed by atoms with Crippen molar-refractivity contribution in [1.82, 2.24) is 14.5 Å². The number of methoxy groups -OCH3 is 2. The number of benzene rings is 3. The topological polar surface area (TPSA) is 75.1 Å². The summed E-state index contributed by atoms with van der Waals surface area (Å²) in [6.07, 6.45) is 2.54. The van der Waals surface area contributed by atoms with Crippen LogP contribution in [0, 0.1) is 0 Å². The van der Waals surface area contributed by atoms with Crippen LogP contribution < -0.4 is 13.7 Å². The van der Waals surface area contributed by atoms with E-state index in [0.717, 1.165) is 72.4 Å². The maximum atomic E-state index is 12.1. The van der Waals surface area contributed by atoms with Gasteiger partial charge in [0.2, 0.25) is 7.09 Å². The first-order valence-corrected chi connectivity index (χ1v) is 13.6. The number of carbonyl (C=O) groups is 1. The predicted octanol–water partition coefficient (Wildman–Crippen LogP) is 4.86. The molecule has 8 nitrogen and oxygen atoms in total. The van der Waals surface area contributed by atoms with Crippen molar-refractivity contribution in [1.29, 1.82) is 1.34 Å². The Bertz CT molecular complexity index is 1460. The average molecular weight is 546 g/mol. The van der Waals surface area contributed by atoms with E-state index < -0.39 is 5.97 Å². The zero-order chi connectivity index (χ0) is 27.9. The first-order valence-electron chi connectivity index (χ1n) is 13.4. The van der Waals surface area contributed by atoms with Gasteiger partial charge in [-0.2, -0.15) is 0 Å². The summed E-state index contributed by atoms with van der Waals surface area (Å²) in [7, 11) is 4.02. The molecule has 2 heterocycles. The molecule has 10 heteroatoms. The average Bonchev–Trinajstić information content (AvgIpc) is 3.64. The minimum atomic E-state index is -0.449. The number of nitrogens with zero attached hydrogens (tertiary/aromatic N) is 3. The maximum absolute atomic E-state index is 12.1. The van der Waals surface area contributed by atoms with Crippen LogP contribution in [0.25, 0.3) is 22.4 Å². The molecule has 5 rings (SSSR count). The molecular weight excluding hydrogens is 513 g/mol. The molecule has 1 radical (unpaired) electrons. The molecule has 0 saturated carbocycles. The fourth-order valence-corrected chi connectivity index (χ4v) is 5.11. The van der Waals surface area contributed by atoms with E-state index in [-0.39, 0.29) is 0 Å². The molecule has 39 heavy (non-hydrogen) atoms. The monoisotopic (exact) mass is 546 g/mol. The third-order valence-corrected chi connectivity index (χ3v) is 7.15. The number of aromatic nitrogens is 2. The largest absolute Gasteiger partial charge is 0.496 e. The fourth-order valence-electron chi connectivity index (χ4n) is 4.89. The highest BCUT2D eigenvalue weighted by Gasteiger charge is 2.17. The van der Waals surface area contributed by atoms with Crippen LogP contribution in [0.5, 0.6) is 17.2 Å². The van der Waals surface area contributed by atoms with Gasteiger partial charge in [0.15, 0.2) is 0 Å². The molecule has 1 aliphatic heterocycles. The minimum absolute atomic E-state index is 0.371. The van der Waals surface area contributed by atoms with E-state index in [9.17, 15) is 4.79 Å². The van der Waals surface area contributed by atoms with Gasteiger partial charge >= 0.3 is 5.97 Å². The summed E-state index contributed by atoms with van der Waals surface area (Å²) in [5.74, 6) is 2.22. The smallest absolute Gasteiger partial charge is 0.341 e. The zero-order valence-corrected chi connectivity index (χ0v) is 22.9. The molecule has 1 aromatic heterocycles. The van der Waals surface area contributed by atoms with Gasteiger partial charge in [0.25, 0.3) is 0 Å². The summed E-state index contributed by atoms with van der Waals surface area (Å²) in [6.45, 7) is 4.41. The Hall–Kier alpha value is -3.63. The van der Waals surface area contributed by atoms with Crippen LogP contribution >= 0.6 is 11.9 Å². The van der Waals surface area contributed by atoms with Gasteiger partial charge in [-0.25, -0.2) is 9.78 Å². The third-order valence-electron chi connectivity index (χ3n) is 6.86. The standard InChI is InChI=1S/C29H31BN3O5S/c1-35-27-17-20(5-11-24(27)29(34)36-2)19-33-26-12-10-23(38-39-30)18-25(26)31-28(33)21-6-8-22(9-7-21)37-16-15-32-13-3-4-14-32/h5-12,17-18,30H,3-4,13-16,19H2,1-2H3/i30T. The van der Waals surface area contributed by atoms with Crippen LogP contribution in [-0.4, -0.2) is 69.3 Å². The second-order valence-corrected chi connectivity index (χ2v) is 9.66. The Morgan fingerprint density at radius 3 is 2.59 bits per heavy atom. The number of hydrogen-bond acceptors (Lipinski definition) is 8. The highest BCUT2D eigenvalue weighted by Crippen LogP contribution is 2.31. The number of fused-ring (bicyclic) bond motifs is 1. The Kier molecular flexibility index (Phi) is 8.21. The molecule has 1 aliphatic rings. The highest BCUT2D eigenvalue weighted by atomic mass is 32.2. The molecule has 0 aliphatic carbocycles. The van der Waals surface area contributed by atoms with Crippen LogP contribution in [0.15, 0.2) is 60.7 Å². The van der Waals surface area contributed by atoms with Crippen LogP contribution in [0.2, 0.25) is 0 Å². The fraction of sp³-hybridized carbons (Fsp3) is 0.310. The van der Waals surface area contributed by atoms with E-state index >= 15 is 0 Å². The highest BCUT2D eigenvalue weighted by molar-refractivity contribution is 8.16. The zero-order valence-electron chi connectivity index (χ0n) is 23.1. The summed E-state index contributed by atoms with van der Waals surface area (Å²) in [5, 5.41) is 0. The molecule has 0 spiro atoms. The van der Waals surface area contributed by atoms with Gasteiger partial charge in [-0.3, -0.25) is 4.90 Å².